The van der Waals surface area contributed by atoms with Crippen LogP contribution in [0.5, 0.6) is 0 Å². The summed E-state index contributed by atoms with van der Waals surface area (Å²) in [6.45, 7) is 3.05. The molecule has 0 spiro atoms. The molecule has 1 aliphatic heterocycles. The fourth-order valence-corrected chi connectivity index (χ4v) is 3.57. The summed E-state index contributed by atoms with van der Waals surface area (Å²) in [6, 6.07) is 2.71. The molecule has 7 nitrogen and oxygen atoms in total. The van der Waals surface area contributed by atoms with Crippen molar-refractivity contribution in [1.82, 2.24) is 25.3 Å². The quantitative estimate of drug-likeness (QED) is 0.881. The van der Waals surface area contributed by atoms with Gasteiger partial charge in [0, 0.05) is 44.5 Å². The minimum atomic E-state index is 0.0271. The number of carbonyl (C=O) groups is 2. The molecule has 2 N–H and O–H groups in total. The van der Waals surface area contributed by atoms with E-state index < -0.39 is 0 Å². The number of aromatic nitrogens is 2. The zero-order valence-corrected chi connectivity index (χ0v) is 13.6. The van der Waals surface area contributed by atoms with Crippen LogP contribution in [-0.2, 0) is 4.79 Å². The van der Waals surface area contributed by atoms with E-state index in [4.69, 9.17) is 0 Å². The number of urea groups is 1. The molecule has 0 aromatic carbocycles. The Morgan fingerprint density at radius 2 is 1.78 bits per heavy atom. The van der Waals surface area contributed by atoms with E-state index in [0.29, 0.717) is 0 Å². The van der Waals surface area contributed by atoms with Crippen LogP contribution in [-0.4, -0.2) is 51.8 Å². The SMILES string of the molecule is CC(=O)NC1CCC(NC(=O)N2CCC(n3cccn3)C2)CC1. The third-order valence-electron chi connectivity index (χ3n) is 4.81. The van der Waals surface area contributed by atoms with Gasteiger partial charge >= 0.3 is 6.03 Å². The molecule has 0 radical (unpaired) electrons. The number of nitrogens with one attached hydrogen (secondary N) is 2. The molecular formula is C16H25N5O2. The van der Waals surface area contributed by atoms with E-state index in [9.17, 15) is 9.59 Å². The van der Waals surface area contributed by atoms with Crippen molar-refractivity contribution >= 4 is 11.9 Å². The molecule has 7 heteroatoms. The van der Waals surface area contributed by atoms with Gasteiger partial charge in [0.2, 0.25) is 5.91 Å². The molecule has 1 unspecified atom stereocenters. The van der Waals surface area contributed by atoms with Gasteiger partial charge in [0.1, 0.15) is 0 Å². The number of carbonyl (C=O) groups excluding carboxylic acids is 2. The summed E-state index contributed by atoms with van der Waals surface area (Å²) in [5, 5.41) is 10.4. The Morgan fingerprint density at radius 3 is 2.39 bits per heavy atom. The second kappa shape index (κ2) is 7.02. The summed E-state index contributed by atoms with van der Waals surface area (Å²) in [7, 11) is 0. The van der Waals surface area contributed by atoms with Gasteiger partial charge in [0.25, 0.3) is 0 Å². The normalized spacial score (nSPS) is 27.7. The Morgan fingerprint density at radius 1 is 1.09 bits per heavy atom. The molecule has 126 valence electrons. The number of rotatable bonds is 3. The smallest absolute Gasteiger partial charge is 0.317 e. The number of hydrogen-bond donors (Lipinski definition) is 2. The van der Waals surface area contributed by atoms with E-state index in [-0.39, 0.29) is 30.1 Å². The van der Waals surface area contributed by atoms with Crippen molar-refractivity contribution in [2.75, 3.05) is 13.1 Å². The predicted octanol–water partition coefficient (Wildman–Crippen LogP) is 1.29. The van der Waals surface area contributed by atoms with Crippen LogP contribution in [0.25, 0.3) is 0 Å². The van der Waals surface area contributed by atoms with E-state index in [1.807, 2.05) is 21.8 Å². The first-order valence-electron chi connectivity index (χ1n) is 8.43. The first-order valence-corrected chi connectivity index (χ1v) is 8.43. The highest BCUT2D eigenvalue weighted by Gasteiger charge is 2.30. The van der Waals surface area contributed by atoms with Crippen molar-refractivity contribution in [1.29, 1.82) is 0 Å². The number of hydrogen-bond acceptors (Lipinski definition) is 3. The zero-order chi connectivity index (χ0) is 16.2. The Balaban J connectivity index is 1.43. The average Bonchev–Trinajstić information content (AvgIpc) is 3.19. The summed E-state index contributed by atoms with van der Waals surface area (Å²) in [5.41, 5.74) is 0. The highest BCUT2D eigenvalue weighted by atomic mass is 16.2. The fourth-order valence-electron chi connectivity index (χ4n) is 3.57. The monoisotopic (exact) mass is 319 g/mol. The van der Waals surface area contributed by atoms with Gasteiger partial charge in [-0.1, -0.05) is 0 Å². The average molecular weight is 319 g/mol. The van der Waals surface area contributed by atoms with Gasteiger partial charge in [-0.2, -0.15) is 5.10 Å². The molecule has 1 saturated carbocycles. The lowest BCUT2D eigenvalue weighted by Crippen LogP contribution is -2.47. The van der Waals surface area contributed by atoms with Gasteiger partial charge in [-0.3, -0.25) is 9.48 Å². The minimum absolute atomic E-state index is 0.0271. The summed E-state index contributed by atoms with van der Waals surface area (Å²) < 4.78 is 1.94. The van der Waals surface area contributed by atoms with Gasteiger partial charge in [-0.05, 0) is 38.2 Å². The minimum Gasteiger partial charge on any atom is -0.354 e. The van der Waals surface area contributed by atoms with Gasteiger partial charge in [-0.25, -0.2) is 4.79 Å². The van der Waals surface area contributed by atoms with Crippen LogP contribution in [0.3, 0.4) is 0 Å². The van der Waals surface area contributed by atoms with Crippen molar-refractivity contribution in [3.8, 4) is 0 Å². The Kier molecular flexibility index (Phi) is 4.83. The second-order valence-corrected chi connectivity index (χ2v) is 6.57. The van der Waals surface area contributed by atoms with Crippen LogP contribution in [0, 0.1) is 0 Å². The number of likely N-dealkylation sites (tertiary alicyclic amines) is 1. The van der Waals surface area contributed by atoms with E-state index in [0.717, 1.165) is 45.2 Å². The van der Waals surface area contributed by atoms with E-state index >= 15 is 0 Å². The van der Waals surface area contributed by atoms with E-state index in [1.54, 1.807) is 13.1 Å². The lowest BCUT2D eigenvalue weighted by Gasteiger charge is -2.30. The standard InChI is InChI=1S/C16H25N5O2/c1-12(22)18-13-3-5-14(6-4-13)19-16(23)20-10-7-15(11-20)21-9-2-8-17-21/h2,8-9,13-15H,3-7,10-11H2,1H3,(H,18,22)(H,19,23). The summed E-state index contributed by atoms with van der Waals surface area (Å²) in [5.74, 6) is 0.0271. The first kappa shape index (κ1) is 15.8. The Bertz CT molecular complexity index is 537. The van der Waals surface area contributed by atoms with E-state index in [2.05, 4.69) is 15.7 Å². The maximum Gasteiger partial charge on any atom is 0.317 e. The first-order chi connectivity index (χ1) is 11.1. The molecule has 2 aliphatic rings. The molecule has 23 heavy (non-hydrogen) atoms. The van der Waals surface area contributed by atoms with Gasteiger partial charge in [0.05, 0.1) is 6.04 Å². The second-order valence-electron chi connectivity index (χ2n) is 6.57. The van der Waals surface area contributed by atoms with Gasteiger partial charge in [-0.15, -0.1) is 0 Å². The Labute approximate surface area is 136 Å². The molecule has 1 saturated heterocycles. The predicted molar refractivity (Wildman–Crippen MR) is 85.8 cm³/mol. The van der Waals surface area contributed by atoms with E-state index in [1.165, 1.54) is 0 Å². The van der Waals surface area contributed by atoms with Crippen LogP contribution in [0.15, 0.2) is 18.5 Å². The summed E-state index contributed by atoms with van der Waals surface area (Å²) >= 11 is 0. The topological polar surface area (TPSA) is 79.3 Å². The van der Waals surface area contributed by atoms with Crippen molar-refractivity contribution in [3.63, 3.8) is 0 Å². The van der Waals surface area contributed by atoms with Crippen LogP contribution in [0.4, 0.5) is 4.79 Å². The fraction of sp³-hybridized carbons (Fsp3) is 0.688. The summed E-state index contributed by atoms with van der Waals surface area (Å²) in [6.07, 6.45) is 8.39. The molecule has 3 amide bonds. The molecule has 1 aromatic rings. The van der Waals surface area contributed by atoms with Crippen molar-refractivity contribution in [2.24, 2.45) is 0 Å². The molecule has 3 rings (SSSR count). The third kappa shape index (κ3) is 4.03. The summed E-state index contributed by atoms with van der Waals surface area (Å²) in [4.78, 5) is 25.4. The molecule has 1 atom stereocenters. The molecular weight excluding hydrogens is 294 g/mol. The molecule has 2 heterocycles. The van der Waals surface area contributed by atoms with Crippen LogP contribution >= 0.6 is 0 Å². The van der Waals surface area contributed by atoms with Crippen LogP contribution in [0.1, 0.15) is 45.1 Å². The maximum absolute atomic E-state index is 12.4. The Hall–Kier alpha value is -2.05. The number of nitrogens with zero attached hydrogens (tertiary/aromatic N) is 3. The van der Waals surface area contributed by atoms with Gasteiger partial charge < -0.3 is 15.5 Å². The van der Waals surface area contributed by atoms with Crippen molar-refractivity contribution in [3.05, 3.63) is 18.5 Å². The molecule has 2 fully saturated rings. The lowest BCUT2D eigenvalue weighted by atomic mass is 9.91. The van der Waals surface area contributed by atoms with Crippen molar-refractivity contribution in [2.45, 2.75) is 57.2 Å². The highest BCUT2D eigenvalue weighted by Crippen LogP contribution is 2.22. The largest absolute Gasteiger partial charge is 0.354 e. The lowest BCUT2D eigenvalue weighted by molar-refractivity contribution is -0.119. The molecule has 0 bridgehead atoms. The highest BCUT2D eigenvalue weighted by molar-refractivity contribution is 5.75. The van der Waals surface area contributed by atoms with Gasteiger partial charge in [0.15, 0.2) is 0 Å². The van der Waals surface area contributed by atoms with Crippen LogP contribution < -0.4 is 10.6 Å². The van der Waals surface area contributed by atoms with Crippen LogP contribution in [0.2, 0.25) is 0 Å². The zero-order valence-electron chi connectivity index (χ0n) is 13.6. The third-order valence-corrected chi connectivity index (χ3v) is 4.81. The number of amides is 3. The molecule has 1 aliphatic carbocycles. The molecule has 1 aromatic heterocycles. The maximum atomic E-state index is 12.4. The van der Waals surface area contributed by atoms with Crippen molar-refractivity contribution < 1.29 is 9.59 Å².